The van der Waals surface area contributed by atoms with Gasteiger partial charge in [-0.05, 0) is 53.5 Å². The summed E-state index contributed by atoms with van der Waals surface area (Å²) in [5, 5.41) is 3.86. The van der Waals surface area contributed by atoms with Gasteiger partial charge in [0, 0.05) is 11.6 Å². The molecule has 0 saturated heterocycles. The lowest BCUT2D eigenvalue weighted by Crippen LogP contribution is -2.48. The van der Waals surface area contributed by atoms with Gasteiger partial charge < -0.3 is 5.32 Å². The molecule has 0 bridgehead atoms. The van der Waals surface area contributed by atoms with Crippen LogP contribution in [0.15, 0.2) is 48.5 Å². The minimum atomic E-state index is -0.334. The maximum absolute atomic E-state index is 12.9. The number of carbonyl (C=O) groups excluding carboxylic acids is 1. The van der Waals surface area contributed by atoms with Crippen LogP contribution in [-0.4, -0.2) is 11.0 Å². The maximum atomic E-state index is 12.9. The Morgan fingerprint density at radius 2 is 1.69 bits per heavy atom. The van der Waals surface area contributed by atoms with Crippen molar-refractivity contribution in [1.29, 1.82) is 0 Å². The molecule has 2 rings (SSSR count). The monoisotopic (exact) mass is 393 g/mol. The van der Waals surface area contributed by atoms with Crippen molar-refractivity contribution in [2.24, 2.45) is 5.92 Å². The minimum Gasteiger partial charge on any atom is -0.357 e. The fourth-order valence-corrected chi connectivity index (χ4v) is 2.78. The van der Waals surface area contributed by atoms with Crippen LogP contribution in [0.4, 0.5) is 4.39 Å². The zero-order chi connectivity index (χ0) is 19.1. The number of rotatable bonds is 5. The molecular weight excluding hydrogens is 373 g/mol. The largest absolute Gasteiger partial charge is 0.357 e. The Balaban J connectivity index is 1.87. The van der Waals surface area contributed by atoms with E-state index in [0.717, 1.165) is 11.1 Å². The molecule has 138 valence electrons. The highest BCUT2D eigenvalue weighted by atomic mass is 35.5. The van der Waals surface area contributed by atoms with Crippen molar-refractivity contribution in [3.63, 3.8) is 0 Å². The average molecular weight is 394 g/mol. The number of carbonyl (C=O) groups is 1. The van der Waals surface area contributed by atoms with E-state index in [2.05, 4.69) is 16.2 Å². The van der Waals surface area contributed by atoms with E-state index in [4.69, 9.17) is 23.8 Å². The van der Waals surface area contributed by atoms with Gasteiger partial charge in [0.1, 0.15) is 5.82 Å². The predicted octanol–water partition coefficient (Wildman–Crippen LogP) is 3.91. The van der Waals surface area contributed by atoms with Crippen LogP contribution in [0.2, 0.25) is 5.02 Å². The van der Waals surface area contributed by atoms with E-state index in [0.29, 0.717) is 11.6 Å². The molecule has 26 heavy (non-hydrogen) atoms. The molecule has 3 N–H and O–H groups in total. The summed E-state index contributed by atoms with van der Waals surface area (Å²) >= 11 is 11.1. The Kier molecular flexibility index (Phi) is 7.36. The first-order valence-corrected chi connectivity index (χ1v) is 8.99. The lowest BCUT2D eigenvalue weighted by atomic mass is 9.88. The first-order valence-electron chi connectivity index (χ1n) is 8.20. The first kappa shape index (κ1) is 20.1. The Morgan fingerprint density at radius 3 is 2.27 bits per heavy atom. The van der Waals surface area contributed by atoms with Gasteiger partial charge in [0.25, 0.3) is 0 Å². The minimum absolute atomic E-state index is 0.0960. The van der Waals surface area contributed by atoms with E-state index in [9.17, 15) is 9.18 Å². The number of halogens is 2. The van der Waals surface area contributed by atoms with Gasteiger partial charge in [0.05, 0.1) is 5.92 Å². The highest BCUT2D eigenvalue weighted by molar-refractivity contribution is 7.80. The average Bonchev–Trinajstić information content (AvgIpc) is 2.61. The fraction of sp³-hybridized carbons (Fsp3) is 0.263. The van der Waals surface area contributed by atoms with E-state index in [1.165, 1.54) is 12.1 Å². The molecular formula is C19H21ClFN3OS. The third-order valence-corrected chi connectivity index (χ3v) is 4.34. The van der Waals surface area contributed by atoms with Gasteiger partial charge >= 0.3 is 0 Å². The first-order chi connectivity index (χ1) is 12.4. The number of hydrogen-bond acceptors (Lipinski definition) is 2. The molecule has 0 aromatic heterocycles. The van der Waals surface area contributed by atoms with Crippen LogP contribution >= 0.6 is 23.8 Å². The lowest BCUT2D eigenvalue weighted by molar-refractivity contribution is -0.124. The Morgan fingerprint density at radius 1 is 1.08 bits per heavy atom. The molecule has 0 heterocycles. The topological polar surface area (TPSA) is 53.2 Å². The van der Waals surface area contributed by atoms with Crippen molar-refractivity contribution < 1.29 is 9.18 Å². The van der Waals surface area contributed by atoms with Gasteiger partial charge in [-0.1, -0.05) is 49.7 Å². The number of benzene rings is 2. The Hall–Kier alpha value is -2.18. The van der Waals surface area contributed by atoms with Crippen molar-refractivity contribution in [2.75, 3.05) is 0 Å². The number of hydrogen-bond donors (Lipinski definition) is 3. The molecule has 1 atom stereocenters. The van der Waals surface area contributed by atoms with Crippen LogP contribution in [-0.2, 0) is 11.3 Å². The van der Waals surface area contributed by atoms with E-state index >= 15 is 0 Å². The van der Waals surface area contributed by atoms with Gasteiger partial charge in [-0.25, -0.2) is 4.39 Å². The second-order valence-corrected chi connectivity index (χ2v) is 7.04. The Labute approximate surface area is 163 Å². The molecule has 1 amide bonds. The fourth-order valence-electron chi connectivity index (χ4n) is 2.53. The third-order valence-electron chi connectivity index (χ3n) is 3.84. The molecule has 0 aliphatic rings. The highest BCUT2D eigenvalue weighted by Gasteiger charge is 2.24. The molecule has 0 aliphatic carbocycles. The molecule has 0 fully saturated rings. The second kappa shape index (κ2) is 9.50. The Bertz CT molecular complexity index is 750. The normalized spacial score (nSPS) is 11.7. The van der Waals surface area contributed by atoms with Crippen LogP contribution < -0.4 is 16.2 Å². The van der Waals surface area contributed by atoms with Crippen molar-refractivity contribution >= 4 is 34.8 Å². The van der Waals surface area contributed by atoms with Gasteiger partial charge in [0.2, 0.25) is 5.91 Å². The smallest absolute Gasteiger partial charge is 0.246 e. The zero-order valence-electron chi connectivity index (χ0n) is 14.6. The molecule has 0 aliphatic heterocycles. The molecule has 0 radical (unpaired) electrons. The number of hydrazine groups is 1. The number of amides is 1. The van der Waals surface area contributed by atoms with Crippen LogP contribution in [0, 0.1) is 11.7 Å². The predicted molar refractivity (Wildman–Crippen MR) is 106 cm³/mol. The van der Waals surface area contributed by atoms with Gasteiger partial charge in [-0.15, -0.1) is 0 Å². The molecule has 0 saturated carbocycles. The van der Waals surface area contributed by atoms with Gasteiger partial charge in [-0.2, -0.15) is 0 Å². The standard InChI is InChI=1S/C19H21ClFN3OS/c1-12(2)17(14-5-7-15(20)8-6-14)18(25)23-24-19(26)22-11-13-3-9-16(21)10-4-13/h3-10,12,17H,11H2,1-2H3,(H,23,25)(H2,22,24,26)/t17-/m0/s1. The van der Waals surface area contributed by atoms with Crippen molar-refractivity contribution in [1.82, 2.24) is 16.2 Å². The van der Waals surface area contributed by atoms with Crippen LogP contribution in [0.1, 0.15) is 30.9 Å². The van der Waals surface area contributed by atoms with Gasteiger partial charge in [-0.3, -0.25) is 15.6 Å². The highest BCUT2D eigenvalue weighted by Crippen LogP contribution is 2.25. The summed E-state index contributed by atoms with van der Waals surface area (Å²) in [6, 6.07) is 13.3. The molecule has 2 aromatic carbocycles. The van der Waals surface area contributed by atoms with E-state index < -0.39 is 0 Å². The summed E-state index contributed by atoms with van der Waals surface area (Å²) in [5.74, 6) is -0.713. The van der Waals surface area contributed by atoms with E-state index in [1.807, 2.05) is 26.0 Å². The SMILES string of the molecule is CC(C)[C@H](C(=O)NNC(=S)NCc1ccc(F)cc1)c1ccc(Cl)cc1. The van der Waals surface area contributed by atoms with Gasteiger partial charge in [0.15, 0.2) is 5.11 Å². The molecule has 0 spiro atoms. The second-order valence-electron chi connectivity index (χ2n) is 6.20. The molecule has 4 nitrogen and oxygen atoms in total. The summed E-state index contributed by atoms with van der Waals surface area (Å²) in [5.41, 5.74) is 7.10. The molecule has 0 unspecified atom stereocenters. The van der Waals surface area contributed by atoms with Crippen LogP contribution in [0.5, 0.6) is 0 Å². The number of nitrogens with one attached hydrogen (secondary N) is 3. The summed E-state index contributed by atoms with van der Waals surface area (Å²) in [6.07, 6.45) is 0. The summed E-state index contributed by atoms with van der Waals surface area (Å²) in [7, 11) is 0. The summed E-state index contributed by atoms with van der Waals surface area (Å²) in [6.45, 7) is 4.38. The number of thiocarbonyl (C=S) groups is 1. The van der Waals surface area contributed by atoms with Crippen LogP contribution in [0.3, 0.4) is 0 Å². The molecule has 7 heteroatoms. The van der Waals surface area contributed by atoms with E-state index in [1.54, 1.807) is 24.3 Å². The quantitative estimate of drug-likeness (QED) is 0.532. The van der Waals surface area contributed by atoms with Crippen molar-refractivity contribution in [3.05, 3.63) is 70.5 Å². The lowest BCUT2D eigenvalue weighted by Gasteiger charge is -2.21. The summed E-state index contributed by atoms with van der Waals surface area (Å²) in [4.78, 5) is 12.6. The maximum Gasteiger partial charge on any atom is 0.246 e. The summed E-state index contributed by atoms with van der Waals surface area (Å²) < 4.78 is 12.9. The van der Waals surface area contributed by atoms with Crippen LogP contribution in [0.25, 0.3) is 0 Å². The molecule has 2 aromatic rings. The third kappa shape index (κ3) is 5.97. The zero-order valence-corrected chi connectivity index (χ0v) is 16.1. The van der Waals surface area contributed by atoms with Crippen molar-refractivity contribution in [2.45, 2.75) is 26.3 Å². The van der Waals surface area contributed by atoms with E-state index in [-0.39, 0.29) is 28.7 Å². The van der Waals surface area contributed by atoms with Crippen molar-refractivity contribution in [3.8, 4) is 0 Å².